The second-order valence-electron chi connectivity index (χ2n) is 5.32. The van der Waals surface area contributed by atoms with Crippen molar-refractivity contribution in [2.75, 3.05) is 26.2 Å². The van der Waals surface area contributed by atoms with Crippen LogP contribution in [-0.2, 0) is 0 Å². The van der Waals surface area contributed by atoms with Gasteiger partial charge in [-0.2, -0.15) is 13.2 Å². The summed E-state index contributed by atoms with van der Waals surface area (Å²) in [6.07, 6.45) is -2.60. The molecule has 1 aliphatic heterocycles. The summed E-state index contributed by atoms with van der Waals surface area (Å²) in [4.78, 5) is 26.9. The number of halogens is 3. The number of nitrogens with zero attached hydrogens (tertiary/aromatic N) is 2. The minimum Gasteiger partial charge on any atom is -0.459 e. The van der Waals surface area contributed by atoms with E-state index < -0.39 is 18.2 Å². The summed E-state index contributed by atoms with van der Waals surface area (Å²) in [5, 5.41) is 1.93. The minimum atomic E-state index is -4.48. The maximum absolute atomic E-state index is 12.5. The number of hydrogen-bond acceptors (Lipinski definition) is 3. The number of amides is 3. The summed E-state index contributed by atoms with van der Waals surface area (Å²) in [6, 6.07) is 0.452. The molecule has 0 spiro atoms. The highest BCUT2D eigenvalue weighted by molar-refractivity contribution is 5.91. The van der Waals surface area contributed by atoms with Gasteiger partial charge in [0.2, 0.25) is 0 Å². The van der Waals surface area contributed by atoms with Gasteiger partial charge in [-0.15, -0.1) is 0 Å². The number of hydrogen-bond donors (Lipinski definition) is 1. The third kappa shape index (κ3) is 4.40. The Balaban J connectivity index is 1.91. The van der Waals surface area contributed by atoms with Crippen LogP contribution in [0.3, 0.4) is 0 Å². The zero-order chi connectivity index (χ0) is 17.0. The van der Waals surface area contributed by atoms with E-state index in [9.17, 15) is 22.8 Å². The van der Waals surface area contributed by atoms with Crippen molar-refractivity contribution < 1.29 is 27.2 Å². The average Bonchev–Trinajstić information content (AvgIpc) is 2.89. The molecule has 9 heteroatoms. The summed E-state index contributed by atoms with van der Waals surface area (Å²) < 4.78 is 42.5. The van der Waals surface area contributed by atoms with Crippen LogP contribution >= 0.6 is 0 Å². The molecule has 0 saturated carbocycles. The van der Waals surface area contributed by atoms with Crippen LogP contribution in [0.25, 0.3) is 0 Å². The largest absolute Gasteiger partial charge is 0.459 e. The van der Waals surface area contributed by atoms with Crippen molar-refractivity contribution >= 4 is 11.9 Å². The van der Waals surface area contributed by atoms with E-state index in [0.29, 0.717) is 19.5 Å². The molecule has 2 heterocycles. The van der Waals surface area contributed by atoms with E-state index >= 15 is 0 Å². The summed E-state index contributed by atoms with van der Waals surface area (Å²) in [5.74, 6) is -0.0884. The lowest BCUT2D eigenvalue weighted by molar-refractivity contribution is -0.149. The SMILES string of the molecule is CC(NC(=O)N1CCCN(C(=O)c2ccco2)CC1)C(F)(F)F. The third-order valence-electron chi connectivity index (χ3n) is 3.63. The Morgan fingerprint density at radius 2 is 1.87 bits per heavy atom. The number of furan rings is 1. The van der Waals surface area contributed by atoms with Crippen LogP contribution in [0.15, 0.2) is 22.8 Å². The molecule has 128 valence electrons. The molecule has 0 aliphatic carbocycles. The van der Waals surface area contributed by atoms with Crippen molar-refractivity contribution in [2.24, 2.45) is 0 Å². The van der Waals surface area contributed by atoms with Crippen molar-refractivity contribution in [3.8, 4) is 0 Å². The van der Waals surface area contributed by atoms with Gasteiger partial charge in [0.05, 0.1) is 6.26 Å². The van der Waals surface area contributed by atoms with Crippen molar-refractivity contribution in [1.82, 2.24) is 15.1 Å². The van der Waals surface area contributed by atoms with E-state index in [4.69, 9.17) is 4.42 Å². The highest BCUT2D eigenvalue weighted by Gasteiger charge is 2.38. The van der Waals surface area contributed by atoms with Gasteiger partial charge in [-0.25, -0.2) is 4.79 Å². The topological polar surface area (TPSA) is 65.8 Å². The number of nitrogens with one attached hydrogen (secondary N) is 1. The molecule has 0 radical (unpaired) electrons. The summed E-state index contributed by atoms with van der Waals surface area (Å²) in [7, 11) is 0. The molecule has 1 aromatic heterocycles. The number of rotatable bonds is 2. The molecule has 0 aromatic carbocycles. The molecule has 1 aromatic rings. The zero-order valence-electron chi connectivity index (χ0n) is 12.6. The van der Waals surface area contributed by atoms with Crippen molar-refractivity contribution in [3.05, 3.63) is 24.2 Å². The molecule has 2 rings (SSSR count). The van der Waals surface area contributed by atoms with Crippen LogP contribution in [-0.4, -0.2) is 60.1 Å². The highest BCUT2D eigenvalue weighted by Crippen LogP contribution is 2.20. The van der Waals surface area contributed by atoms with Crippen LogP contribution in [0, 0.1) is 0 Å². The lowest BCUT2D eigenvalue weighted by Crippen LogP contribution is -2.50. The van der Waals surface area contributed by atoms with E-state index in [2.05, 4.69) is 0 Å². The molecule has 3 amide bonds. The van der Waals surface area contributed by atoms with Crippen LogP contribution in [0.1, 0.15) is 23.9 Å². The van der Waals surface area contributed by atoms with E-state index in [1.165, 1.54) is 16.1 Å². The molecule has 1 aliphatic rings. The van der Waals surface area contributed by atoms with Crippen LogP contribution < -0.4 is 5.32 Å². The van der Waals surface area contributed by atoms with Crippen LogP contribution in [0.5, 0.6) is 0 Å². The molecule has 1 unspecified atom stereocenters. The Kier molecular flexibility index (Phi) is 5.17. The number of urea groups is 1. The molecule has 1 fully saturated rings. The zero-order valence-corrected chi connectivity index (χ0v) is 12.6. The smallest absolute Gasteiger partial charge is 0.408 e. The van der Waals surface area contributed by atoms with Gasteiger partial charge < -0.3 is 19.5 Å². The minimum absolute atomic E-state index is 0.170. The van der Waals surface area contributed by atoms with Gasteiger partial charge in [0.15, 0.2) is 5.76 Å². The van der Waals surface area contributed by atoms with E-state index in [-0.39, 0.29) is 24.8 Å². The molecular weight excluding hydrogens is 315 g/mol. The summed E-state index contributed by atoms with van der Waals surface area (Å²) >= 11 is 0. The first-order valence-corrected chi connectivity index (χ1v) is 7.24. The van der Waals surface area contributed by atoms with Gasteiger partial charge in [0.1, 0.15) is 6.04 Å². The number of carbonyl (C=O) groups excluding carboxylic acids is 2. The van der Waals surface area contributed by atoms with Crippen LogP contribution in [0.4, 0.5) is 18.0 Å². The molecular formula is C14H18F3N3O3. The number of alkyl halides is 3. The van der Waals surface area contributed by atoms with Crippen molar-refractivity contribution in [2.45, 2.75) is 25.6 Å². The second-order valence-corrected chi connectivity index (χ2v) is 5.32. The average molecular weight is 333 g/mol. The van der Waals surface area contributed by atoms with Gasteiger partial charge in [0.25, 0.3) is 5.91 Å². The summed E-state index contributed by atoms with van der Waals surface area (Å²) in [6.45, 7) is 2.01. The third-order valence-corrected chi connectivity index (χ3v) is 3.63. The van der Waals surface area contributed by atoms with E-state index in [1.54, 1.807) is 12.1 Å². The Morgan fingerprint density at radius 3 is 2.48 bits per heavy atom. The molecule has 1 saturated heterocycles. The Bertz CT molecular complexity index is 545. The Labute approximate surface area is 131 Å². The maximum atomic E-state index is 12.5. The molecule has 23 heavy (non-hydrogen) atoms. The van der Waals surface area contributed by atoms with Gasteiger partial charge in [-0.1, -0.05) is 0 Å². The Hall–Kier alpha value is -2.19. The molecule has 6 nitrogen and oxygen atoms in total. The van der Waals surface area contributed by atoms with Gasteiger partial charge in [0, 0.05) is 26.2 Å². The fraction of sp³-hybridized carbons (Fsp3) is 0.571. The normalized spacial score (nSPS) is 17.6. The fourth-order valence-corrected chi connectivity index (χ4v) is 2.24. The fourth-order valence-electron chi connectivity index (χ4n) is 2.24. The molecule has 1 N–H and O–H groups in total. The quantitative estimate of drug-likeness (QED) is 0.901. The Morgan fingerprint density at radius 1 is 1.22 bits per heavy atom. The standard InChI is InChI=1S/C14H18F3N3O3/c1-10(14(15,16)17)18-13(22)20-6-3-5-19(7-8-20)12(21)11-4-2-9-23-11/h2,4,9-10H,3,5-8H2,1H3,(H,18,22). The molecule has 0 bridgehead atoms. The number of carbonyl (C=O) groups is 2. The second kappa shape index (κ2) is 6.93. The molecule has 1 atom stereocenters. The predicted octanol–water partition coefficient (Wildman–Crippen LogP) is 2.09. The van der Waals surface area contributed by atoms with Crippen LogP contribution in [0.2, 0.25) is 0 Å². The van der Waals surface area contributed by atoms with E-state index in [1.807, 2.05) is 5.32 Å². The van der Waals surface area contributed by atoms with E-state index in [0.717, 1.165) is 6.92 Å². The van der Waals surface area contributed by atoms with Crippen molar-refractivity contribution in [1.29, 1.82) is 0 Å². The first kappa shape index (κ1) is 17.2. The maximum Gasteiger partial charge on any atom is 0.408 e. The highest BCUT2D eigenvalue weighted by atomic mass is 19.4. The lowest BCUT2D eigenvalue weighted by atomic mass is 10.3. The summed E-state index contributed by atoms with van der Waals surface area (Å²) in [5.41, 5.74) is 0. The predicted molar refractivity (Wildman–Crippen MR) is 74.9 cm³/mol. The lowest BCUT2D eigenvalue weighted by Gasteiger charge is -2.25. The van der Waals surface area contributed by atoms with Crippen molar-refractivity contribution in [3.63, 3.8) is 0 Å². The van der Waals surface area contributed by atoms with Gasteiger partial charge >= 0.3 is 12.2 Å². The monoisotopic (exact) mass is 333 g/mol. The van der Waals surface area contributed by atoms with Gasteiger partial charge in [-0.3, -0.25) is 4.79 Å². The first-order chi connectivity index (χ1) is 10.8. The van der Waals surface area contributed by atoms with Gasteiger partial charge in [-0.05, 0) is 25.5 Å². The first-order valence-electron chi connectivity index (χ1n) is 7.24.